The number of hydrogen-bond acceptors (Lipinski definition) is 2. The summed E-state index contributed by atoms with van der Waals surface area (Å²) in [6.07, 6.45) is 0. The van der Waals surface area contributed by atoms with Gasteiger partial charge < -0.3 is 5.73 Å². The molecule has 0 aliphatic carbocycles. The highest BCUT2D eigenvalue weighted by atomic mass is 35.5. The molecule has 0 fully saturated rings. The van der Waals surface area contributed by atoms with Crippen LogP contribution in [-0.4, -0.2) is 18.0 Å². The van der Waals surface area contributed by atoms with Gasteiger partial charge in [0.15, 0.2) is 0 Å². The highest BCUT2D eigenvalue weighted by molar-refractivity contribution is 5.85. The maximum Gasteiger partial charge on any atom is 0.0237 e. The molecule has 4 heteroatoms. The predicted molar refractivity (Wildman–Crippen MR) is 90.5 cm³/mol. The molecule has 2 aromatic carbocycles. The smallest absolute Gasteiger partial charge is 0.0237 e. The van der Waals surface area contributed by atoms with Crippen molar-refractivity contribution in [3.63, 3.8) is 0 Å². The molecule has 0 aromatic heterocycles. The van der Waals surface area contributed by atoms with Gasteiger partial charge in [-0.25, -0.2) is 0 Å². The molecule has 0 bridgehead atoms. The number of benzene rings is 2. The van der Waals surface area contributed by atoms with Crippen LogP contribution in [-0.2, 0) is 13.1 Å². The first-order chi connectivity index (χ1) is 8.88. The molecule has 0 saturated carbocycles. The summed E-state index contributed by atoms with van der Waals surface area (Å²) in [7, 11) is 0. The summed E-state index contributed by atoms with van der Waals surface area (Å²) in [6.45, 7) is 3.52. The summed E-state index contributed by atoms with van der Waals surface area (Å²) < 4.78 is 0. The van der Waals surface area contributed by atoms with Crippen molar-refractivity contribution in [3.05, 3.63) is 71.8 Å². The molecule has 20 heavy (non-hydrogen) atoms. The average molecular weight is 313 g/mol. The fourth-order valence-electron chi connectivity index (χ4n) is 2.08. The standard InChI is InChI=1S/C16H20N2.2ClH/c17-11-12-18(13-15-7-3-1-4-8-15)14-16-9-5-2-6-10-16;;/h1-10H,11-14,17H2;2*1H. The molecule has 0 aliphatic heterocycles. The monoisotopic (exact) mass is 312 g/mol. The number of nitrogens with zero attached hydrogens (tertiary/aromatic N) is 1. The third-order valence-corrected chi connectivity index (χ3v) is 2.94. The van der Waals surface area contributed by atoms with E-state index in [1.54, 1.807) is 0 Å². The van der Waals surface area contributed by atoms with Crippen molar-refractivity contribution in [2.75, 3.05) is 13.1 Å². The van der Waals surface area contributed by atoms with E-state index in [0.29, 0.717) is 6.54 Å². The van der Waals surface area contributed by atoms with Crippen LogP contribution in [0.15, 0.2) is 60.7 Å². The molecule has 110 valence electrons. The zero-order valence-corrected chi connectivity index (χ0v) is 13.1. The van der Waals surface area contributed by atoms with E-state index in [0.717, 1.165) is 19.6 Å². The normalized spacial score (nSPS) is 9.70. The topological polar surface area (TPSA) is 29.3 Å². The van der Waals surface area contributed by atoms with Gasteiger partial charge in [-0.05, 0) is 11.1 Å². The zero-order valence-electron chi connectivity index (χ0n) is 11.4. The van der Waals surface area contributed by atoms with Crippen molar-refractivity contribution in [3.8, 4) is 0 Å². The Kier molecular flexibility index (Phi) is 10.1. The summed E-state index contributed by atoms with van der Waals surface area (Å²) >= 11 is 0. The molecule has 0 radical (unpaired) electrons. The van der Waals surface area contributed by atoms with Crippen LogP contribution < -0.4 is 5.73 Å². The minimum atomic E-state index is 0. The quantitative estimate of drug-likeness (QED) is 0.884. The molecule has 0 unspecified atom stereocenters. The van der Waals surface area contributed by atoms with Crippen molar-refractivity contribution in [2.24, 2.45) is 5.73 Å². The Morgan fingerprint density at radius 1 is 0.700 bits per heavy atom. The second kappa shape index (κ2) is 10.7. The first-order valence-corrected chi connectivity index (χ1v) is 6.39. The lowest BCUT2D eigenvalue weighted by Crippen LogP contribution is -2.28. The van der Waals surface area contributed by atoms with E-state index in [1.807, 2.05) is 12.1 Å². The fraction of sp³-hybridized carbons (Fsp3) is 0.250. The Morgan fingerprint density at radius 2 is 1.10 bits per heavy atom. The Morgan fingerprint density at radius 3 is 1.45 bits per heavy atom. The van der Waals surface area contributed by atoms with Gasteiger partial charge in [-0.15, -0.1) is 24.8 Å². The van der Waals surface area contributed by atoms with Crippen molar-refractivity contribution >= 4 is 24.8 Å². The maximum absolute atomic E-state index is 5.70. The number of rotatable bonds is 6. The van der Waals surface area contributed by atoms with Crippen LogP contribution in [0.3, 0.4) is 0 Å². The minimum Gasteiger partial charge on any atom is -0.329 e. The predicted octanol–water partition coefficient (Wildman–Crippen LogP) is 3.49. The summed E-state index contributed by atoms with van der Waals surface area (Å²) in [5.74, 6) is 0. The largest absolute Gasteiger partial charge is 0.329 e. The van der Waals surface area contributed by atoms with E-state index in [2.05, 4.69) is 53.4 Å². The first-order valence-electron chi connectivity index (χ1n) is 6.39. The van der Waals surface area contributed by atoms with Crippen molar-refractivity contribution in [1.29, 1.82) is 0 Å². The van der Waals surface area contributed by atoms with E-state index < -0.39 is 0 Å². The summed E-state index contributed by atoms with van der Waals surface area (Å²) in [4.78, 5) is 2.38. The molecule has 0 heterocycles. The van der Waals surface area contributed by atoms with E-state index in [9.17, 15) is 0 Å². The van der Waals surface area contributed by atoms with Gasteiger partial charge >= 0.3 is 0 Å². The van der Waals surface area contributed by atoms with E-state index in [4.69, 9.17) is 5.73 Å². The van der Waals surface area contributed by atoms with Crippen LogP contribution in [0.1, 0.15) is 11.1 Å². The highest BCUT2D eigenvalue weighted by Gasteiger charge is 2.05. The van der Waals surface area contributed by atoms with Gasteiger partial charge in [0.05, 0.1) is 0 Å². The third-order valence-electron chi connectivity index (χ3n) is 2.94. The first kappa shape index (κ1) is 18.9. The lowest BCUT2D eigenvalue weighted by molar-refractivity contribution is 0.264. The zero-order chi connectivity index (χ0) is 12.6. The van der Waals surface area contributed by atoms with Crippen LogP contribution in [0, 0.1) is 0 Å². The third kappa shape index (κ3) is 6.40. The van der Waals surface area contributed by atoms with Gasteiger partial charge in [-0.2, -0.15) is 0 Å². The van der Waals surface area contributed by atoms with Gasteiger partial charge in [0.2, 0.25) is 0 Å². The summed E-state index contributed by atoms with van der Waals surface area (Å²) in [5, 5.41) is 0. The van der Waals surface area contributed by atoms with E-state index >= 15 is 0 Å². The molecule has 2 nitrogen and oxygen atoms in total. The molecule has 0 saturated heterocycles. The second-order valence-corrected chi connectivity index (χ2v) is 4.47. The lowest BCUT2D eigenvalue weighted by atomic mass is 10.1. The molecule has 0 aliphatic rings. The van der Waals surface area contributed by atoms with E-state index in [-0.39, 0.29) is 24.8 Å². The molecule has 0 atom stereocenters. The van der Waals surface area contributed by atoms with Crippen molar-refractivity contribution < 1.29 is 0 Å². The molecule has 2 N–H and O–H groups in total. The van der Waals surface area contributed by atoms with Gasteiger partial charge in [-0.3, -0.25) is 4.90 Å². The van der Waals surface area contributed by atoms with Gasteiger partial charge in [-0.1, -0.05) is 60.7 Å². The highest BCUT2D eigenvalue weighted by Crippen LogP contribution is 2.09. The Labute approximate surface area is 133 Å². The summed E-state index contributed by atoms with van der Waals surface area (Å²) in [5.41, 5.74) is 8.37. The number of halogens is 2. The van der Waals surface area contributed by atoms with Crippen LogP contribution in [0.4, 0.5) is 0 Å². The Bertz CT molecular complexity index is 407. The van der Waals surface area contributed by atoms with Crippen LogP contribution >= 0.6 is 24.8 Å². The molecular formula is C16H22Cl2N2. The minimum absolute atomic E-state index is 0. The van der Waals surface area contributed by atoms with Crippen LogP contribution in [0.5, 0.6) is 0 Å². The SMILES string of the molecule is Cl.Cl.NCCN(Cc1ccccc1)Cc1ccccc1. The number of nitrogens with two attached hydrogens (primary N) is 1. The molecular weight excluding hydrogens is 291 g/mol. The van der Waals surface area contributed by atoms with Crippen LogP contribution in [0.25, 0.3) is 0 Å². The van der Waals surface area contributed by atoms with Gasteiger partial charge in [0.25, 0.3) is 0 Å². The molecule has 0 spiro atoms. The lowest BCUT2D eigenvalue weighted by Gasteiger charge is -2.21. The van der Waals surface area contributed by atoms with Crippen molar-refractivity contribution in [2.45, 2.75) is 13.1 Å². The number of hydrogen-bond donors (Lipinski definition) is 1. The average Bonchev–Trinajstić information content (AvgIpc) is 2.41. The van der Waals surface area contributed by atoms with Gasteiger partial charge in [0, 0.05) is 26.2 Å². The molecule has 2 rings (SSSR count). The second-order valence-electron chi connectivity index (χ2n) is 4.47. The molecule has 2 aromatic rings. The van der Waals surface area contributed by atoms with Gasteiger partial charge in [0.1, 0.15) is 0 Å². The van der Waals surface area contributed by atoms with Crippen molar-refractivity contribution in [1.82, 2.24) is 4.90 Å². The van der Waals surface area contributed by atoms with E-state index in [1.165, 1.54) is 11.1 Å². The Balaban J connectivity index is 0.00000180. The fourth-order valence-corrected chi connectivity index (χ4v) is 2.08. The maximum atomic E-state index is 5.70. The Hall–Kier alpha value is -1.06. The van der Waals surface area contributed by atoms with Crippen LogP contribution in [0.2, 0.25) is 0 Å². The summed E-state index contributed by atoms with van der Waals surface area (Å²) in [6, 6.07) is 21.1. The molecule has 0 amide bonds.